The Hall–Kier alpha value is -8.54. The molecule has 0 amide bonds. The van der Waals surface area contributed by atoms with E-state index in [0.29, 0.717) is 5.92 Å². The lowest BCUT2D eigenvalue weighted by Crippen LogP contribution is -2.61. The smallest absolute Gasteiger partial charge is 0.252 e. The molecular weight excluding hydrogens is 946 g/mol. The fourth-order valence-corrected chi connectivity index (χ4v) is 13.4. The van der Waals surface area contributed by atoms with Crippen molar-refractivity contribution in [2.75, 3.05) is 9.80 Å². The van der Waals surface area contributed by atoms with Crippen molar-refractivity contribution in [1.82, 2.24) is 4.57 Å². The van der Waals surface area contributed by atoms with E-state index in [4.69, 9.17) is 4.42 Å². The van der Waals surface area contributed by atoms with Gasteiger partial charge in [-0.05, 0) is 179 Å². The van der Waals surface area contributed by atoms with Crippen molar-refractivity contribution in [2.45, 2.75) is 87.5 Å². The molecule has 2 aliphatic heterocycles. The average Bonchev–Trinajstić information content (AvgIpc) is 3.90. The molecular formula is C73H66BN3O. The average molecular weight is 1010 g/mol. The van der Waals surface area contributed by atoms with E-state index in [9.17, 15) is 0 Å². The second kappa shape index (κ2) is 18.0. The van der Waals surface area contributed by atoms with E-state index < -0.39 is 0 Å². The van der Waals surface area contributed by atoms with Gasteiger partial charge in [-0.25, -0.2) is 0 Å². The normalized spacial score (nSPS) is 13.4. The molecule has 4 heterocycles. The van der Waals surface area contributed by atoms with Crippen molar-refractivity contribution in [3.8, 4) is 16.8 Å². The van der Waals surface area contributed by atoms with Crippen LogP contribution in [0.5, 0.6) is 0 Å². The van der Waals surface area contributed by atoms with E-state index in [0.717, 1.165) is 49.6 Å². The largest absolute Gasteiger partial charge is 0.455 e. The Morgan fingerprint density at radius 2 is 1.12 bits per heavy atom. The Labute approximate surface area is 460 Å². The molecule has 0 unspecified atom stereocenters. The summed E-state index contributed by atoms with van der Waals surface area (Å²) in [5.74, 6) is 0.403. The molecule has 0 bridgehead atoms. The van der Waals surface area contributed by atoms with Crippen LogP contribution in [0, 0.1) is 41.5 Å². The summed E-state index contributed by atoms with van der Waals surface area (Å²) >= 11 is 0. The first kappa shape index (κ1) is 49.1. The molecule has 0 N–H and O–H groups in total. The maximum Gasteiger partial charge on any atom is 0.252 e. The standard InChI is InChI=1S/C73H66BN3O/c1-14-55(72-49(10)56-27-19-21-30-67(56)78-72)53-35-47(8)71(48(9)36-53)77-64-41-63-58(57-28-18-20-29-61(57)75(63)69-43(4)23-22-24-44(69)5)40-60(64)74-59-37-51(50-25-16-15-17-26-50)31-32-62(59)76(70-45(6)33-52(42(2)3)34-46(70)7)65-38-54(73(11,12)13)39-66(77)68(65)74/h14-42H,1,10H2,2-9,11-13H3/b72-55-. The van der Waals surface area contributed by atoms with Crippen molar-refractivity contribution in [3.63, 3.8) is 0 Å². The second-order valence-electron chi connectivity index (χ2n) is 23.6. The quantitative estimate of drug-likeness (QED) is 0.149. The zero-order valence-electron chi connectivity index (χ0n) is 47.0. The maximum absolute atomic E-state index is 6.60. The Morgan fingerprint density at radius 1 is 0.526 bits per heavy atom. The third-order valence-corrected chi connectivity index (χ3v) is 17.1. The van der Waals surface area contributed by atoms with Crippen LogP contribution >= 0.6 is 0 Å². The van der Waals surface area contributed by atoms with Gasteiger partial charge in [0.15, 0.2) is 0 Å². The fraction of sp³-hybridized carbons (Fsp3) is 0.178. The topological polar surface area (TPSA) is 24.6 Å². The molecule has 5 heteroatoms. The molecule has 13 rings (SSSR count). The minimum Gasteiger partial charge on any atom is -0.455 e. The number of nitrogens with zero attached hydrogens (tertiary/aromatic N) is 3. The summed E-state index contributed by atoms with van der Waals surface area (Å²) in [5.41, 5.74) is 30.4. The summed E-state index contributed by atoms with van der Waals surface area (Å²) in [4.78, 5) is 5.28. The number of rotatable bonds is 7. The first-order chi connectivity index (χ1) is 37.5. The number of allylic oxidation sites excluding steroid dienone is 1. The van der Waals surface area contributed by atoms with Crippen molar-refractivity contribution < 1.29 is 4.42 Å². The molecule has 0 spiro atoms. The van der Waals surface area contributed by atoms with Crippen LogP contribution in [0.25, 0.3) is 61.7 Å². The summed E-state index contributed by atoms with van der Waals surface area (Å²) in [6.07, 6.45) is 1.93. The van der Waals surface area contributed by atoms with Crippen LogP contribution in [0.4, 0.5) is 34.1 Å². The molecule has 0 radical (unpaired) electrons. The Balaban J connectivity index is 1.19. The van der Waals surface area contributed by atoms with Gasteiger partial charge < -0.3 is 18.8 Å². The number of benzene rings is 9. The van der Waals surface area contributed by atoms with E-state index >= 15 is 0 Å². The monoisotopic (exact) mass is 1010 g/mol. The van der Waals surface area contributed by atoms with Gasteiger partial charge in [0, 0.05) is 49.7 Å². The van der Waals surface area contributed by atoms with Crippen LogP contribution in [0.2, 0.25) is 0 Å². The molecule has 0 fully saturated rings. The van der Waals surface area contributed by atoms with Gasteiger partial charge in [-0.2, -0.15) is 0 Å². The third kappa shape index (κ3) is 7.42. The van der Waals surface area contributed by atoms with Crippen LogP contribution in [0.3, 0.4) is 0 Å². The third-order valence-electron chi connectivity index (χ3n) is 17.1. The zero-order valence-corrected chi connectivity index (χ0v) is 47.0. The molecule has 0 aliphatic carbocycles. The number of aromatic nitrogens is 1. The number of para-hydroxylation sites is 3. The number of anilines is 6. The number of hydrogen-bond acceptors (Lipinski definition) is 3. The Morgan fingerprint density at radius 3 is 1.74 bits per heavy atom. The van der Waals surface area contributed by atoms with Crippen LogP contribution < -0.4 is 36.8 Å². The van der Waals surface area contributed by atoms with Gasteiger partial charge in [0.2, 0.25) is 0 Å². The molecule has 9 aromatic carbocycles. The molecule has 2 aromatic heterocycles. The first-order valence-electron chi connectivity index (χ1n) is 27.7. The summed E-state index contributed by atoms with van der Waals surface area (Å²) in [7, 11) is 0. The molecule has 0 saturated heterocycles. The second-order valence-corrected chi connectivity index (χ2v) is 23.6. The molecule has 2 aliphatic rings. The Kier molecular flexibility index (Phi) is 11.3. The summed E-state index contributed by atoms with van der Waals surface area (Å²) in [6.45, 7) is 34.2. The molecule has 11 aromatic rings. The van der Waals surface area contributed by atoms with Gasteiger partial charge >= 0.3 is 0 Å². The summed E-state index contributed by atoms with van der Waals surface area (Å²) < 4.78 is 9.14. The number of aryl methyl sites for hydroxylation is 6. The minimum atomic E-state index is -0.194. The highest BCUT2D eigenvalue weighted by molar-refractivity contribution is 7.00. The van der Waals surface area contributed by atoms with Crippen molar-refractivity contribution >= 4 is 102 Å². The molecule has 0 saturated carbocycles. The maximum atomic E-state index is 6.60. The van der Waals surface area contributed by atoms with E-state index in [2.05, 4.69) is 249 Å². The lowest BCUT2D eigenvalue weighted by molar-refractivity contribution is 0.573. The molecule has 0 atom stereocenters. The van der Waals surface area contributed by atoms with E-state index in [1.165, 1.54) is 117 Å². The Bertz CT molecular complexity index is 4400. The number of hydrogen-bond donors (Lipinski definition) is 0. The lowest BCUT2D eigenvalue weighted by Gasteiger charge is -2.46. The van der Waals surface area contributed by atoms with Gasteiger partial charge in [-0.15, -0.1) is 0 Å². The molecule has 78 heavy (non-hydrogen) atoms. The van der Waals surface area contributed by atoms with Crippen molar-refractivity contribution in [1.29, 1.82) is 0 Å². The lowest BCUT2D eigenvalue weighted by atomic mass is 9.33. The zero-order chi connectivity index (χ0) is 54.2. The van der Waals surface area contributed by atoms with Crippen molar-refractivity contribution in [3.05, 3.63) is 237 Å². The molecule has 382 valence electrons. The van der Waals surface area contributed by atoms with Gasteiger partial charge in [0.1, 0.15) is 11.0 Å². The van der Waals surface area contributed by atoms with Gasteiger partial charge in [-0.1, -0.05) is 169 Å². The van der Waals surface area contributed by atoms with Gasteiger partial charge in [-0.3, -0.25) is 0 Å². The van der Waals surface area contributed by atoms with Crippen LogP contribution in [-0.2, 0) is 5.41 Å². The predicted octanol–water partition coefficient (Wildman–Crippen LogP) is 16.3. The van der Waals surface area contributed by atoms with Gasteiger partial charge in [0.05, 0.1) is 28.1 Å². The van der Waals surface area contributed by atoms with Gasteiger partial charge in [0.25, 0.3) is 6.71 Å². The highest BCUT2D eigenvalue weighted by Gasteiger charge is 2.46. The van der Waals surface area contributed by atoms with Crippen LogP contribution in [0.1, 0.15) is 90.6 Å². The highest BCUT2D eigenvalue weighted by Crippen LogP contribution is 2.50. The van der Waals surface area contributed by atoms with E-state index in [1.54, 1.807) is 0 Å². The van der Waals surface area contributed by atoms with E-state index in [-0.39, 0.29) is 12.1 Å². The van der Waals surface area contributed by atoms with Crippen molar-refractivity contribution in [2.24, 2.45) is 0 Å². The summed E-state index contributed by atoms with van der Waals surface area (Å²) in [5, 5.41) is 4.36. The number of furan rings is 1. The predicted molar refractivity (Wildman–Crippen MR) is 335 cm³/mol. The summed E-state index contributed by atoms with van der Waals surface area (Å²) in [6, 6.07) is 61.7. The fourth-order valence-electron chi connectivity index (χ4n) is 13.4. The molecule has 4 nitrogen and oxygen atoms in total. The van der Waals surface area contributed by atoms with Crippen LogP contribution in [-0.4, -0.2) is 11.3 Å². The highest BCUT2D eigenvalue weighted by atomic mass is 16.3. The first-order valence-corrected chi connectivity index (χ1v) is 27.7. The number of fused-ring (bicyclic) bond motifs is 8. The minimum absolute atomic E-state index is 0.114. The van der Waals surface area contributed by atoms with Crippen LogP contribution in [0.15, 0.2) is 181 Å². The SMILES string of the molecule is C=C/C(c1cc(C)c(N2c3cc4c(cc3B3c5cc(-c6ccccc6)ccc5N(c5c(C)cc(C(C)C)cc5C)c5cc(C(C)(C)C)cc2c53)c2ccccc2n4-c2c(C)cccc2C)c(C)c1)=c1/oc2ccccc2c1=C. The van der Waals surface area contributed by atoms with E-state index in [1.807, 2.05) is 24.3 Å².